The third-order valence-electron chi connectivity index (χ3n) is 11.3. The van der Waals surface area contributed by atoms with Gasteiger partial charge in [0.1, 0.15) is 12.6 Å². The number of hydrogen-bond donors (Lipinski definition) is 2. The predicted molar refractivity (Wildman–Crippen MR) is 231 cm³/mol. The van der Waals surface area contributed by atoms with Crippen molar-refractivity contribution < 1.29 is 24.2 Å². The summed E-state index contributed by atoms with van der Waals surface area (Å²) in [6.45, 7) is 4.26. The maximum absolute atomic E-state index is 12.8. The summed E-state index contributed by atoms with van der Waals surface area (Å²) in [6.07, 6.45) is 51.0. The molecule has 0 aliphatic rings. The van der Waals surface area contributed by atoms with Crippen LogP contribution in [0.5, 0.6) is 0 Å². The number of carbonyl (C=O) groups is 3. The van der Waals surface area contributed by atoms with E-state index in [4.69, 9.17) is 9.84 Å². The number of aliphatic carboxylic acids is 1. The minimum Gasteiger partial charge on any atom is -0.480 e. The molecule has 0 radical (unpaired) electrons. The first kappa shape index (κ1) is 52.4. The summed E-state index contributed by atoms with van der Waals surface area (Å²) in [7, 11) is 0. The molecule has 1 amide bonds. The number of nitrogens with one attached hydrogen (secondary N) is 1. The lowest BCUT2D eigenvalue weighted by Gasteiger charge is -2.18. The number of carbonyl (C=O) groups excluding carboxylic acids is 2. The van der Waals surface area contributed by atoms with Crippen molar-refractivity contribution in [1.29, 1.82) is 0 Å². The summed E-state index contributed by atoms with van der Waals surface area (Å²) in [4.78, 5) is 35.1. The monoisotopic (exact) mass is 764 g/mol. The third-order valence-corrected chi connectivity index (χ3v) is 11.3. The highest BCUT2D eigenvalue weighted by molar-refractivity contribution is 5.80. The van der Waals surface area contributed by atoms with E-state index in [1.165, 1.54) is 186 Å². The SMILES string of the molecule is CCCCCCCCCCCCCCCCCCCCCC(=O)OC(CCCCCCCCCCCCCCC)CCCCCCCC(=O)NCC(=O)O. The number of carboxylic acids is 1. The van der Waals surface area contributed by atoms with Gasteiger partial charge in [0.25, 0.3) is 0 Å². The maximum atomic E-state index is 12.8. The van der Waals surface area contributed by atoms with Crippen LogP contribution in [0, 0.1) is 0 Å². The fraction of sp³-hybridized carbons (Fsp3) is 0.938. The van der Waals surface area contributed by atoms with Crippen LogP contribution in [0.2, 0.25) is 0 Å². The zero-order chi connectivity index (χ0) is 39.4. The number of ether oxygens (including phenoxy) is 1. The molecular formula is C48H93NO5. The molecule has 0 aromatic carbocycles. The molecule has 0 rings (SSSR count). The Labute approximate surface area is 336 Å². The highest BCUT2D eigenvalue weighted by atomic mass is 16.5. The van der Waals surface area contributed by atoms with E-state index in [1.54, 1.807) is 0 Å². The van der Waals surface area contributed by atoms with E-state index in [2.05, 4.69) is 19.2 Å². The van der Waals surface area contributed by atoms with Gasteiger partial charge in [0, 0.05) is 12.8 Å². The van der Waals surface area contributed by atoms with Gasteiger partial charge >= 0.3 is 11.9 Å². The molecule has 0 aromatic heterocycles. The van der Waals surface area contributed by atoms with E-state index >= 15 is 0 Å². The lowest BCUT2D eigenvalue weighted by Crippen LogP contribution is -2.28. The minimum absolute atomic E-state index is 0.00552. The van der Waals surface area contributed by atoms with Gasteiger partial charge in [0.15, 0.2) is 0 Å². The minimum atomic E-state index is -1.01. The smallest absolute Gasteiger partial charge is 0.322 e. The number of hydrogen-bond acceptors (Lipinski definition) is 4. The molecule has 6 heteroatoms. The second-order valence-electron chi connectivity index (χ2n) is 16.7. The van der Waals surface area contributed by atoms with Crippen molar-refractivity contribution in [2.75, 3.05) is 6.54 Å². The Bertz CT molecular complexity index is 802. The van der Waals surface area contributed by atoms with Gasteiger partial charge in [-0.2, -0.15) is 0 Å². The Hall–Kier alpha value is -1.59. The van der Waals surface area contributed by atoms with Gasteiger partial charge in [-0.3, -0.25) is 14.4 Å². The molecule has 6 nitrogen and oxygen atoms in total. The van der Waals surface area contributed by atoms with E-state index in [1.807, 2.05) is 0 Å². The van der Waals surface area contributed by atoms with E-state index in [0.717, 1.165) is 64.2 Å². The van der Waals surface area contributed by atoms with Crippen molar-refractivity contribution in [2.45, 2.75) is 283 Å². The third kappa shape index (κ3) is 43.1. The molecule has 0 spiro atoms. The summed E-state index contributed by atoms with van der Waals surface area (Å²) >= 11 is 0. The van der Waals surface area contributed by atoms with Gasteiger partial charge in [-0.1, -0.05) is 226 Å². The standard InChI is InChI=1S/C48H93NO5/c1-3-5-7-9-11-13-15-17-18-19-20-21-22-24-26-28-30-35-39-43-48(53)54-45(41-37-33-31-34-38-42-46(50)49-44-47(51)52)40-36-32-29-27-25-23-16-14-12-10-8-6-4-2/h45H,3-44H2,1-2H3,(H,49,50)(H,51,52). The molecule has 320 valence electrons. The number of unbranched alkanes of at least 4 members (excludes halogenated alkanes) is 34. The van der Waals surface area contributed by atoms with Gasteiger partial charge in [0.05, 0.1) is 0 Å². The molecule has 0 saturated carbocycles. The highest BCUT2D eigenvalue weighted by Crippen LogP contribution is 2.20. The summed E-state index contributed by atoms with van der Waals surface area (Å²) in [5, 5.41) is 11.1. The fourth-order valence-corrected chi connectivity index (χ4v) is 7.70. The van der Waals surface area contributed by atoms with Gasteiger partial charge in [-0.05, 0) is 38.5 Å². The lowest BCUT2D eigenvalue weighted by atomic mass is 10.0. The Kier molecular flexibility index (Phi) is 42.8. The molecule has 0 heterocycles. The normalized spacial score (nSPS) is 11.9. The predicted octanol–water partition coefficient (Wildman–Crippen LogP) is 15.1. The summed E-state index contributed by atoms with van der Waals surface area (Å²) < 4.78 is 6.06. The van der Waals surface area contributed by atoms with Gasteiger partial charge < -0.3 is 15.2 Å². The van der Waals surface area contributed by atoms with E-state index in [-0.39, 0.29) is 24.5 Å². The average Bonchev–Trinajstić information content (AvgIpc) is 3.16. The van der Waals surface area contributed by atoms with Crippen molar-refractivity contribution in [1.82, 2.24) is 5.32 Å². The number of carboxylic acid groups (broad SMARTS) is 1. The molecule has 0 aliphatic heterocycles. The first-order chi connectivity index (χ1) is 26.5. The van der Waals surface area contributed by atoms with Crippen molar-refractivity contribution >= 4 is 17.8 Å². The average molecular weight is 764 g/mol. The first-order valence-electron chi connectivity index (χ1n) is 24.2. The van der Waals surface area contributed by atoms with Crippen LogP contribution in [0.25, 0.3) is 0 Å². The summed E-state index contributed by atoms with van der Waals surface area (Å²) in [5.74, 6) is -1.20. The Morgan fingerprint density at radius 2 is 0.685 bits per heavy atom. The van der Waals surface area contributed by atoms with Crippen LogP contribution in [0.1, 0.15) is 277 Å². The molecule has 2 N–H and O–H groups in total. The van der Waals surface area contributed by atoms with Gasteiger partial charge in [0.2, 0.25) is 5.91 Å². The molecule has 1 unspecified atom stereocenters. The van der Waals surface area contributed by atoms with E-state index in [0.29, 0.717) is 12.8 Å². The van der Waals surface area contributed by atoms with E-state index in [9.17, 15) is 14.4 Å². The molecule has 0 saturated heterocycles. The van der Waals surface area contributed by atoms with Crippen LogP contribution < -0.4 is 5.32 Å². The Balaban J connectivity index is 4.04. The van der Waals surface area contributed by atoms with Gasteiger partial charge in [-0.15, -0.1) is 0 Å². The quantitative estimate of drug-likeness (QED) is 0.0476. The lowest BCUT2D eigenvalue weighted by molar-refractivity contribution is -0.150. The second-order valence-corrected chi connectivity index (χ2v) is 16.7. The first-order valence-corrected chi connectivity index (χ1v) is 24.2. The largest absolute Gasteiger partial charge is 0.480 e. The summed E-state index contributed by atoms with van der Waals surface area (Å²) in [5.41, 5.74) is 0. The Morgan fingerprint density at radius 3 is 1.00 bits per heavy atom. The molecule has 0 bridgehead atoms. The van der Waals surface area contributed by atoms with Crippen LogP contribution in [0.4, 0.5) is 0 Å². The fourth-order valence-electron chi connectivity index (χ4n) is 7.70. The maximum Gasteiger partial charge on any atom is 0.322 e. The van der Waals surface area contributed by atoms with Crippen molar-refractivity contribution in [3.05, 3.63) is 0 Å². The number of amides is 1. The van der Waals surface area contributed by atoms with Crippen molar-refractivity contribution in [2.24, 2.45) is 0 Å². The zero-order valence-corrected chi connectivity index (χ0v) is 36.4. The molecule has 0 fully saturated rings. The second kappa shape index (κ2) is 44.1. The summed E-state index contributed by atoms with van der Waals surface area (Å²) in [6, 6.07) is 0. The molecule has 0 aromatic rings. The van der Waals surface area contributed by atoms with Crippen LogP contribution in [0.3, 0.4) is 0 Å². The number of rotatable bonds is 45. The molecule has 54 heavy (non-hydrogen) atoms. The zero-order valence-electron chi connectivity index (χ0n) is 36.4. The molecule has 1 atom stereocenters. The van der Waals surface area contributed by atoms with Crippen LogP contribution in [-0.2, 0) is 19.1 Å². The molecular weight excluding hydrogens is 671 g/mol. The van der Waals surface area contributed by atoms with E-state index < -0.39 is 5.97 Å². The molecule has 0 aliphatic carbocycles. The van der Waals surface area contributed by atoms with Crippen LogP contribution in [0.15, 0.2) is 0 Å². The van der Waals surface area contributed by atoms with Crippen LogP contribution >= 0.6 is 0 Å². The Morgan fingerprint density at radius 1 is 0.407 bits per heavy atom. The van der Waals surface area contributed by atoms with Crippen molar-refractivity contribution in [3.8, 4) is 0 Å². The number of esters is 1. The topological polar surface area (TPSA) is 92.7 Å². The highest BCUT2D eigenvalue weighted by Gasteiger charge is 2.14. The van der Waals surface area contributed by atoms with Gasteiger partial charge in [-0.25, -0.2) is 0 Å². The van der Waals surface area contributed by atoms with Crippen LogP contribution in [-0.4, -0.2) is 35.6 Å². The van der Waals surface area contributed by atoms with Crippen molar-refractivity contribution in [3.63, 3.8) is 0 Å².